The molecule has 0 bridgehead atoms. The fourth-order valence-corrected chi connectivity index (χ4v) is 1.18. The summed E-state index contributed by atoms with van der Waals surface area (Å²) in [5.41, 5.74) is 3.94. The Bertz CT molecular complexity index is 338. The summed E-state index contributed by atoms with van der Waals surface area (Å²) in [5, 5.41) is 25.6. The fourth-order valence-electron chi connectivity index (χ4n) is 0.740. The van der Waals surface area contributed by atoms with Crippen molar-refractivity contribution in [2.75, 3.05) is 19.8 Å². The van der Waals surface area contributed by atoms with Gasteiger partial charge in [0, 0.05) is 5.02 Å². The summed E-state index contributed by atoms with van der Waals surface area (Å²) in [6.45, 7) is -1.21. The second-order valence-electron chi connectivity index (χ2n) is 3.63. The Morgan fingerprint density at radius 3 is 1.74 bits per heavy atom. The first-order valence-corrected chi connectivity index (χ1v) is 6.64. The average molecular weight is 314 g/mol. The summed E-state index contributed by atoms with van der Waals surface area (Å²) in [7, 11) is -2.33. The highest BCUT2D eigenvalue weighted by Crippen LogP contribution is 2.29. The maximum atomic E-state index is 8.44. The van der Waals surface area contributed by atoms with E-state index < -0.39 is 34.0 Å². The van der Waals surface area contributed by atoms with Gasteiger partial charge in [-0.2, -0.15) is 0 Å². The van der Waals surface area contributed by atoms with Crippen molar-refractivity contribution < 1.29 is 29.6 Å². The lowest BCUT2D eigenvalue weighted by Crippen LogP contribution is -2.50. The van der Waals surface area contributed by atoms with E-state index >= 15 is 0 Å². The number of halogens is 1. The van der Waals surface area contributed by atoms with Gasteiger partial charge in [0.15, 0.2) is 0 Å². The van der Waals surface area contributed by atoms with Crippen LogP contribution in [0.2, 0.25) is 5.02 Å². The van der Waals surface area contributed by atoms with Crippen molar-refractivity contribution in [3.05, 3.63) is 29.3 Å². The molecule has 0 saturated heterocycles. The Morgan fingerprint density at radius 1 is 1.05 bits per heavy atom. The molecule has 1 rings (SSSR count). The van der Waals surface area contributed by atoms with Crippen LogP contribution < -0.4 is 10.3 Å². The molecule has 0 radical (unpaired) electrons. The van der Waals surface area contributed by atoms with Gasteiger partial charge >= 0.3 is 8.60 Å². The van der Waals surface area contributed by atoms with Crippen molar-refractivity contribution in [1.29, 1.82) is 0 Å². The Kier molecular flexibility index (Phi) is 9.16. The average Bonchev–Trinajstić information content (AvgIpc) is 2.41. The van der Waals surface area contributed by atoms with Crippen LogP contribution in [-0.4, -0.2) is 50.5 Å². The van der Waals surface area contributed by atoms with Crippen LogP contribution in [0.4, 0.5) is 0 Å². The number of rotatable bonds is 5. The first-order chi connectivity index (χ1) is 8.86. The van der Waals surface area contributed by atoms with E-state index in [2.05, 4.69) is 4.52 Å². The molecule has 0 amide bonds. The minimum atomic E-state index is -2.33. The van der Waals surface area contributed by atoms with Crippen LogP contribution in [0.15, 0.2) is 24.3 Å². The van der Waals surface area contributed by atoms with Crippen molar-refractivity contribution in [1.82, 2.24) is 0 Å². The smallest absolute Gasteiger partial charge is 0.391 e. The Balaban J connectivity index is 0.000000362. The number of hydrogen-bond donors (Lipinski definition) is 6. The van der Waals surface area contributed by atoms with Crippen molar-refractivity contribution in [2.24, 2.45) is 5.73 Å². The van der Waals surface area contributed by atoms with Gasteiger partial charge < -0.3 is 35.4 Å². The topological polar surface area (TPSA) is 136 Å². The lowest BCUT2D eigenvalue weighted by atomic mass is 10.1. The van der Waals surface area contributed by atoms with E-state index in [1.807, 2.05) is 0 Å². The summed E-state index contributed by atoms with van der Waals surface area (Å²) in [4.78, 5) is 16.9. The standard InChI is InChI=1S/C6H6ClO3P.C4H11NO3/c7-5-1-3-6(4-2-5)10-11(8)9;5-4(1-6,2-7)3-8/h1-4,8-9H;6-8H,1-3,5H2. The minimum absolute atomic E-state index is 0.394. The molecule has 1 aromatic carbocycles. The highest BCUT2D eigenvalue weighted by molar-refractivity contribution is 7.39. The second kappa shape index (κ2) is 9.41. The first kappa shape index (κ1) is 18.5. The Hall–Kier alpha value is -0.500. The molecule has 9 heteroatoms. The van der Waals surface area contributed by atoms with Crippen molar-refractivity contribution in [2.45, 2.75) is 5.54 Å². The molecule has 7 nitrogen and oxygen atoms in total. The molecule has 7 N–H and O–H groups in total. The van der Waals surface area contributed by atoms with Crippen LogP contribution in [0, 0.1) is 0 Å². The molecule has 0 saturated carbocycles. The number of aliphatic hydroxyl groups excluding tert-OH is 3. The van der Waals surface area contributed by atoms with Gasteiger partial charge in [-0.1, -0.05) is 11.6 Å². The van der Waals surface area contributed by atoms with E-state index in [9.17, 15) is 0 Å². The van der Waals surface area contributed by atoms with Crippen LogP contribution in [-0.2, 0) is 0 Å². The van der Waals surface area contributed by atoms with Gasteiger partial charge in [-0.15, -0.1) is 0 Å². The summed E-state index contributed by atoms with van der Waals surface area (Å²) < 4.78 is 4.59. The predicted molar refractivity (Wildman–Crippen MR) is 71.6 cm³/mol. The molecule has 0 aliphatic rings. The maximum absolute atomic E-state index is 8.44. The van der Waals surface area contributed by atoms with Gasteiger partial charge in [0.2, 0.25) is 0 Å². The van der Waals surface area contributed by atoms with E-state index in [0.717, 1.165) is 0 Å². The number of hydrogen-bond acceptors (Lipinski definition) is 7. The molecule has 110 valence electrons. The Labute approximate surface area is 116 Å². The van der Waals surface area contributed by atoms with Crippen molar-refractivity contribution in [3.8, 4) is 5.75 Å². The molecule has 0 spiro atoms. The lowest BCUT2D eigenvalue weighted by Gasteiger charge is -2.20. The number of nitrogens with two attached hydrogens (primary N) is 1. The molecule has 0 unspecified atom stereocenters. The zero-order valence-corrected chi connectivity index (χ0v) is 11.6. The Morgan fingerprint density at radius 2 is 1.47 bits per heavy atom. The number of aliphatic hydroxyl groups is 3. The fraction of sp³-hybridized carbons (Fsp3) is 0.400. The van der Waals surface area contributed by atoms with Gasteiger partial charge in [-0.3, -0.25) is 0 Å². The van der Waals surface area contributed by atoms with Gasteiger partial charge in [-0.25, -0.2) is 0 Å². The van der Waals surface area contributed by atoms with E-state index in [1.54, 1.807) is 24.3 Å². The van der Waals surface area contributed by atoms with Gasteiger partial charge in [-0.05, 0) is 24.3 Å². The summed E-state index contributed by atoms with van der Waals surface area (Å²) in [5.74, 6) is 0.394. The van der Waals surface area contributed by atoms with E-state index in [1.165, 1.54) is 0 Å². The summed E-state index contributed by atoms with van der Waals surface area (Å²) in [6, 6.07) is 6.33. The normalized spacial score (nSPS) is 10.9. The van der Waals surface area contributed by atoms with Crippen LogP contribution in [0.25, 0.3) is 0 Å². The SMILES string of the molecule is NC(CO)(CO)CO.OP(O)Oc1ccc(Cl)cc1. The molecule has 1 aromatic rings. The monoisotopic (exact) mass is 313 g/mol. The van der Waals surface area contributed by atoms with Gasteiger partial charge in [0.05, 0.1) is 25.4 Å². The van der Waals surface area contributed by atoms with Crippen LogP contribution in [0.3, 0.4) is 0 Å². The molecule has 0 heterocycles. The second-order valence-corrected chi connectivity index (χ2v) is 4.76. The first-order valence-electron chi connectivity index (χ1n) is 5.10. The van der Waals surface area contributed by atoms with E-state index in [0.29, 0.717) is 10.8 Å². The summed E-state index contributed by atoms with van der Waals surface area (Å²) in [6.07, 6.45) is 0. The van der Waals surface area contributed by atoms with Crippen molar-refractivity contribution in [3.63, 3.8) is 0 Å². The maximum Gasteiger partial charge on any atom is 0.391 e. The molecule has 19 heavy (non-hydrogen) atoms. The third-order valence-corrected chi connectivity index (χ3v) is 2.57. The summed E-state index contributed by atoms with van der Waals surface area (Å²) >= 11 is 5.57. The molecule has 0 fully saturated rings. The van der Waals surface area contributed by atoms with Crippen molar-refractivity contribution >= 4 is 20.2 Å². The van der Waals surface area contributed by atoms with Crippen LogP contribution >= 0.6 is 20.2 Å². The molecule has 0 aliphatic carbocycles. The molecule has 0 atom stereocenters. The van der Waals surface area contributed by atoms with Crippen LogP contribution in [0.5, 0.6) is 5.75 Å². The highest BCUT2D eigenvalue weighted by atomic mass is 35.5. The molecule has 0 aliphatic heterocycles. The predicted octanol–water partition coefficient (Wildman–Crippen LogP) is -0.409. The highest BCUT2D eigenvalue weighted by Gasteiger charge is 2.20. The number of benzene rings is 1. The zero-order valence-electron chi connectivity index (χ0n) is 9.98. The zero-order chi connectivity index (χ0) is 14.9. The van der Waals surface area contributed by atoms with Crippen LogP contribution in [0.1, 0.15) is 0 Å². The van der Waals surface area contributed by atoms with E-state index in [-0.39, 0.29) is 0 Å². The largest absolute Gasteiger partial charge is 0.427 e. The molecular weight excluding hydrogens is 297 g/mol. The van der Waals surface area contributed by atoms with Gasteiger partial charge in [0.25, 0.3) is 0 Å². The van der Waals surface area contributed by atoms with E-state index in [4.69, 9.17) is 42.4 Å². The quantitative estimate of drug-likeness (QED) is 0.407. The lowest BCUT2D eigenvalue weighted by molar-refractivity contribution is 0.0697. The minimum Gasteiger partial charge on any atom is -0.427 e. The molecular formula is C10H17ClNO6P. The third kappa shape index (κ3) is 8.30. The molecule has 0 aromatic heterocycles. The van der Waals surface area contributed by atoms with Gasteiger partial charge in [0.1, 0.15) is 5.75 Å². The third-order valence-electron chi connectivity index (χ3n) is 1.95.